The average Bonchev–Trinajstić information content (AvgIpc) is 2.91. The van der Waals surface area contributed by atoms with Crippen molar-refractivity contribution in [3.8, 4) is 0 Å². The third-order valence-electron chi connectivity index (χ3n) is 4.16. The van der Waals surface area contributed by atoms with Crippen LogP contribution in [-0.4, -0.2) is 39.6 Å². The summed E-state index contributed by atoms with van der Waals surface area (Å²) in [6.07, 6.45) is 1.48. The number of likely N-dealkylation sites (tertiary alicyclic amines) is 1. The van der Waals surface area contributed by atoms with Gasteiger partial charge in [0.05, 0.1) is 11.6 Å². The number of carboxylic acid groups (broad SMARTS) is 1. The predicted octanol–water partition coefficient (Wildman–Crippen LogP) is 1.55. The molecule has 20 heavy (non-hydrogen) atoms. The van der Waals surface area contributed by atoms with E-state index in [-0.39, 0.29) is 11.9 Å². The molecule has 1 aromatic heterocycles. The maximum absolute atomic E-state index is 12.2. The van der Waals surface area contributed by atoms with E-state index in [4.69, 9.17) is 9.63 Å². The van der Waals surface area contributed by atoms with Gasteiger partial charge >= 0.3 is 5.97 Å². The zero-order chi connectivity index (χ0) is 14.9. The van der Waals surface area contributed by atoms with Gasteiger partial charge in [0, 0.05) is 24.6 Å². The Balaban J connectivity index is 1.95. The molecule has 0 aromatic carbocycles. The zero-order valence-corrected chi connectivity index (χ0v) is 12.0. The second-order valence-electron chi connectivity index (χ2n) is 5.36. The molecular weight excluding hydrogens is 260 g/mol. The molecule has 6 heteroatoms. The summed E-state index contributed by atoms with van der Waals surface area (Å²) >= 11 is 0. The SMILES string of the molecule is Cc1noc(C)c1CCC(=O)N1CCC(C(=O)O)C1C. The molecular formula is C14H20N2O4. The Kier molecular flexibility index (Phi) is 4.11. The van der Waals surface area contributed by atoms with Crippen LogP contribution >= 0.6 is 0 Å². The average molecular weight is 280 g/mol. The lowest BCUT2D eigenvalue weighted by Gasteiger charge is -2.23. The van der Waals surface area contributed by atoms with E-state index in [9.17, 15) is 9.59 Å². The van der Waals surface area contributed by atoms with Gasteiger partial charge in [-0.15, -0.1) is 0 Å². The minimum absolute atomic E-state index is 0.00116. The first-order valence-electron chi connectivity index (χ1n) is 6.85. The Morgan fingerprint density at radius 1 is 1.45 bits per heavy atom. The molecule has 0 saturated carbocycles. The Morgan fingerprint density at radius 3 is 2.65 bits per heavy atom. The maximum atomic E-state index is 12.2. The highest BCUT2D eigenvalue weighted by Gasteiger charge is 2.37. The van der Waals surface area contributed by atoms with Crippen LogP contribution in [0.1, 0.15) is 36.8 Å². The number of hydrogen-bond acceptors (Lipinski definition) is 4. The van der Waals surface area contributed by atoms with E-state index >= 15 is 0 Å². The van der Waals surface area contributed by atoms with Crippen LogP contribution in [0.5, 0.6) is 0 Å². The Labute approximate surface area is 117 Å². The lowest BCUT2D eigenvalue weighted by molar-refractivity contribution is -0.143. The number of aromatic nitrogens is 1. The number of aliphatic carboxylic acids is 1. The molecule has 1 fully saturated rings. The summed E-state index contributed by atoms with van der Waals surface area (Å²) in [6, 6.07) is -0.232. The fraction of sp³-hybridized carbons (Fsp3) is 0.643. The van der Waals surface area contributed by atoms with Crippen molar-refractivity contribution in [2.24, 2.45) is 5.92 Å². The van der Waals surface area contributed by atoms with E-state index in [2.05, 4.69) is 5.16 Å². The number of carboxylic acids is 1. The highest BCUT2D eigenvalue weighted by atomic mass is 16.5. The summed E-state index contributed by atoms with van der Waals surface area (Å²) in [6.45, 7) is 6.02. The molecule has 6 nitrogen and oxygen atoms in total. The number of rotatable bonds is 4. The van der Waals surface area contributed by atoms with Crippen LogP contribution < -0.4 is 0 Å². The number of nitrogens with zero attached hydrogens (tertiary/aromatic N) is 2. The number of hydrogen-bond donors (Lipinski definition) is 1. The van der Waals surface area contributed by atoms with Crippen LogP contribution in [0, 0.1) is 19.8 Å². The fourth-order valence-corrected chi connectivity index (χ4v) is 2.86. The van der Waals surface area contributed by atoms with E-state index in [0.717, 1.165) is 17.0 Å². The van der Waals surface area contributed by atoms with E-state index in [1.165, 1.54) is 0 Å². The second kappa shape index (κ2) is 5.64. The molecule has 1 amide bonds. The third-order valence-corrected chi connectivity index (χ3v) is 4.16. The van der Waals surface area contributed by atoms with Crippen LogP contribution in [0.4, 0.5) is 0 Å². The molecule has 2 rings (SSSR count). The van der Waals surface area contributed by atoms with Crippen LogP contribution in [-0.2, 0) is 16.0 Å². The van der Waals surface area contributed by atoms with Gasteiger partial charge in [-0.05, 0) is 33.6 Å². The van der Waals surface area contributed by atoms with E-state index < -0.39 is 11.9 Å². The van der Waals surface area contributed by atoms with Crippen molar-refractivity contribution in [1.29, 1.82) is 0 Å². The summed E-state index contributed by atoms with van der Waals surface area (Å²) < 4.78 is 5.07. The van der Waals surface area contributed by atoms with Gasteiger partial charge in [-0.1, -0.05) is 5.16 Å². The molecule has 0 aliphatic carbocycles. The van der Waals surface area contributed by atoms with E-state index in [1.807, 2.05) is 13.8 Å². The number of amides is 1. The molecule has 2 unspecified atom stereocenters. The smallest absolute Gasteiger partial charge is 0.308 e. The molecule has 110 valence electrons. The van der Waals surface area contributed by atoms with Crippen molar-refractivity contribution < 1.29 is 19.2 Å². The first-order valence-corrected chi connectivity index (χ1v) is 6.85. The predicted molar refractivity (Wildman–Crippen MR) is 71.2 cm³/mol. The minimum atomic E-state index is -0.821. The van der Waals surface area contributed by atoms with Gasteiger partial charge in [-0.3, -0.25) is 9.59 Å². The molecule has 1 aliphatic rings. The topological polar surface area (TPSA) is 83.6 Å². The third kappa shape index (κ3) is 2.69. The maximum Gasteiger partial charge on any atom is 0.308 e. The van der Waals surface area contributed by atoms with Crippen molar-refractivity contribution in [2.75, 3.05) is 6.54 Å². The molecule has 1 aromatic rings. The highest BCUT2D eigenvalue weighted by molar-refractivity contribution is 5.79. The summed E-state index contributed by atoms with van der Waals surface area (Å²) in [7, 11) is 0. The lowest BCUT2D eigenvalue weighted by Crippen LogP contribution is -2.37. The molecule has 1 N–H and O–H groups in total. The molecule has 0 radical (unpaired) electrons. The second-order valence-corrected chi connectivity index (χ2v) is 5.36. The largest absolute Gasteiger partial charge is 0.481 e. The molecule has 1 saturated heterocycles. The number of carbonyl (C=O) groups is 2. The first kappa shape index (κ1) is 14.6. The van der Waals surface area contributed by atoms with Gasteiger partial charge in [-0.2, -0.15) is 0 Å². The first-order chi connectivity index (χ1) is 9.41. The Morgan fingerprint density at radius 2 is 2.15 bits per heavy atom. The van der Waals surface area contributed by atoms with Gasteiger partial charge in [0.25, 0.3) is 0 Å². The molecule has 2 atom stereocenters. The zero-order valence-electron chi connectivity index (χ0n) is 12.0. The number of carbonyl (C=O) groups excluding carboxylic acids is 1. The van der Waals surface area contributed by atoms with Crippen LogP contribution in [0.3, 0.4) is 0 Å². The van der Waals surface area contributed by atoms with E-state index in [1.54, 1.807) is 11.8 Å². The van der Waals surface area contributed by atoms with Crippen molar-refractivity contribution in [2.45, 2.75) is 46.1 Å². The minimum Gasteiger partial charge on any atom is -0.481 e. The highest BCUT2D eigenvalue weighted by Crippen LogP contribution is 2.25. The monoisotopic (exact) mass is 280 g/mol. The van der Waals surface area contributed by atoms with Gasteiger partial charge in [0.1, 0.15) is 5.76 Å². The van der Waals surface area contributed by atoms with Gasteiger partial charge in [0.15, 0.2) is 0 Å². The van der Waals surface area contributed by atoms with Crippen LogP contribution in [0.2, 0.25) is 0 Å². The Bertz CT molecular complexity index is 504. The summed E-state index contributed by atoms with van der Waals surface area (Å²) in [5, 5.41) is 12.9. The normalized spacial score (nSPS) is 22.2. The fourth-order valence-electron chi connectivity index (χ4n) is 2.86. The molecule has 1 aliphatic heterocycles. The molecule has 2 heterocycles. The van der Waals surface area contributed by atoms with Crippen molar-refractivity contribution in [3.63, 3.8) is 0 Å². The standard InChI is InChI=1S/C14H20N2O4/c1-8-11(10(3)20-15-8)4-5-13(17)16-7-6-12(9(16)2)14(18)19/h9,12H,4-7H2,1-3H3,(H,18,19). The van der Waals surface area contributed by atoms with Gasteiger partial charge in [0.2, 0.25) is 5.91 Å². The van der Waals surface area contributed by atoms with Crippen molar-refractivity contribution >= 4 is 11.9 Å². The lowest BCUT2D eigenvalue weighted by atomic mass is 10.0. The van der Waals surface area contributed by atoms with Crippen molar-refractivity contribution in [3.05, 3.63) is 17.0 Å². The van der Waals surface area contributed by atoms with Crippen LogP contribution in [0.15, 0.2) is 4.52 Å². The molecule has 0 spiro atoms. The number of aryl methyl sites for hydroxylation is 2. The van der Waals surface area contributed by atoms with E-state index in [0.29, 0.717) is 25.8 Å². The Hall–Kier alpha value is -1.85. The van der Waals surface area contributed by atoms with Crippen LogP contribution in [0.25, 0.3) is 0 Å². The summed E-state index contributed by atoms with van der Waals surface area (Å²) in [4.78, 5) is 25.0. The van der Waals surface area contributed by atoms with Crippen molar-refractivity contribution in [1.82, 2.24) is 10.1 Å². The summed E-state index contributed by atoms with van der Waals surface area (Å²) in [5.74, 6) is -0.522. The van der Waals surface area contributed by atoms with Gasteiger partial charge in [-0.25, -0.2) is 0 Å². The molecule has 0 bridgehead atoms. The quantitative estimate of drug-likeness (QED) is 0.904. The van der Waals surface area contributed by atoms with Gasteiger partial charge < -0.3 is 14.5 Å². The summed E-state index contributed by atoms with van der Waals surface area (Å²) in [5.41, 5.74) is 1.79.